The minimum atomic E-state index is -2.24. The van der Waals surface area contributed by atoms with Gasteiger partial charge in [0.05, 0.1) is 0 Å². The van der Waals surface area contributed by atoms with E-state index in [9.17, 15) is 25.1 Å². The number of hydrogen-bond donors (Lipinski definition) is 4. The predicted molar refractivity (Wildman–Crippen MR) is 91.8 cm³/mol. The molecular formula is C16H23N5O6. The average Bonchev–Trinajstić information content (AvgIpc) is 2.84. The molecule has 1 aliphatic heterocycles. The van der Waals surface area contributed by atoms with E-state index in [1.165, 1.54) is 6.07 Å². The van der Waals surface area contributed by atoms with Crippen LogP contribution in [0.5, 0.6) is 0 Å². The fourth-order valence-corrected chi connectivity index (χ4v) is 2.83. The molecular weight excluding hydrogens is 358 g/mol. The highest BCUT2D eigenvalue weighted by atomic mass is 16.6. The number of aliphatic hydroxyl groups is 2. The number of esters is 1. The third kappa shape index (κ3) is 4.09. The molecule has 0 amide bonds. The van der Waals surface area contributed by atoms with Gasteiger partial charge in [0.1, 0.15) is 42.8 Å². The minimum absolute atomic E-state index is 0.0815. The lowest BCUT2D eigenvalue weighted by atomic mass is 10.0. The zero-order chi connectivity index (χ0) is 20.4. The van der Waals surface area contributed by atoms with Gasteiger partial charge in [0.2, 0.25) is 0 Å². The van der Waals surface area contributed by atoms with E-state index < -0.39 is 48.3 Å². The summed E-state index contributed by atoms with van der Waals surface area (Å²) in [5.74, 6) is -0.601. The summed E-state index contributed by atoms with van der Waals surface area (Å²) < 4.78 is 11.2. The van der Waals surface area contributed by atoms with Crippen molar-refractivity contribution in [2.45, 2.75) is 50.3 Å². The highest BCUT2D eigenvalue weighted by Gasteiger charge is 2.57. The summed E-state index contributed by atoms with van der Waals surface area (Å²) in [6.45, 7) is 3.34. The van der Waals surface area contributed by atoms with Gasteiger partial charge in [-0.15, -0.1) is 0 Å². The number of carbonyl (C=O) groups is 1. The average molecular weight is 381 g/mol. The number of ether oxygens (including phenoxy) is 2. The molecule has 0 aliphatic carbocycles. The number of carbonyl (C=O) groups excluding carboxylic acids is 1. The largest absolute Gasteiger partial charge is 0.462 e. The fourth-order valence-electron chi connectivity index (χ4n) is 2.83. The number of nitrogens with two attached hydrogens (primary N) is 2. The Hall–Kier alpha value is -2.52. The summed E-state index contributed by atoms with van der Waals surface area (Å²) >= 11 is 0. The van der Waals surface area contributed by atoms with E-state index in [0.29, 0.717) is 6.42 Å². The van der Waals surface area contributed by atoms with Crippen molar-refractivity contribution in [2.24, 2.45) is 11.7 Å². The highest BCUT2D eigenvalue weighted by Crippen LogP contribution is 2.34. The molecule has 2 heterocycles. The van der Waals surface area contributed by atoms with Crippen molar-refractivity contribution >= 4 is 11.8 Å². The fraction of sp³-hybridized carbons (Fsp3) is 0.625. The second-order valence-corrected chi connectivity index (χ2v) is 6.77. The Labute approximate surface area is 155 Å². The maximum Gasteiger partial charge on any atom is 0.352 e. The second kappa shape index (κ2) is 8.01. The van der Waals surface area contributed by atoms with Crippen LogP contribution in [0.25, 0.3) is 0 Å². The molecule has 1 aromatic heterocycles. The van der Waals surface area contributed by atoms with E-state index in [1.807, 2.05) is 13.8 Å². The van der Waals surface area contributed by atoms with Gasteiger partial charge in [-0.3, -0.25) is 9.36 Å². The summed E-state index contributed by atoms with van der Waals surface area (Å²) in [6, 6.07) is 2.07. The number of rotatable bonds is 6. The van der Waals surface area contributed by atoms with Crippen LogP contribution in [-0.2, 0) is 20.0 Å². The number of nitrogen functional groups attached to an aromatic ring is 1. The minimum Gasteiger partial charge on any atom is -0.462 e. The molecule has 148 valence electrons. The first-order valence-corrected chi connectivity index (χ1v) is 8.35. The smallest absolute Gasteiger partial charge is 0.352 e. The van der Waals surface area contributed by atoms with Crippen LogP contribution in [0.3, 0.4) is 0 Å². The van der Waals surface area contributed by atoms with E-state index in [1.54, 1.807) is 6.07 Å². The maximum atomic E-state index is 12.1. The lowest BCUT2D eigenvalue weighted by Gasteiger charge is -2.26. The molecule has 2 unspecified atom stereocenters. The zero-order valence-corrected chi connectivity index (χ0v) is 15.0. The quantitative estimate of drug-likeness (QED) is 0.403. The summed E-state index contributed by atoms with van der Waals surface area (Å²) in [6.07, 6.45) is -3.11. The third-order valence-corrected chi connectivity index (χ3v) is 4.20. The van der Waals surface area contributed by atoms with Crippen molar-refractivity contribution < 1.29 is 24.5 Å². The molecule has 5 atom stereocenters. The van der Waals surface area contributed by atoms with Crippen LogP contribution in [0, 0.1) is 17.2 Å². The predicted octanol–water partition coefficient (Wildman–Crippen LogP) is -1.96. The van der Waals surface area contributed by atoms with E-state index in [0.717, 1.165) is 10.8 Å². The Morgan fingerprint density at radius 2 is 2.22 bits per heavy atom. The van der Waals surface area contributed by atoms with E-state index in [2.05, 4.69) is 4.98 Å². The summed E-state index contributed by atoms with van der Waals surface area (Å²) in [7, 11) is 0. The van der Waals surface area contributed by atoms with Gasteiger partial charge in [-0.2, -0.15) is 10.2 Å². The van der Waals surface area contributed by atoms with Gasteiger partial charge >= 0.3 is 11.7 Å². The monoisotopic (exact) mass is 381 g/mol. The Morgan fingerprint density at radius 3 is 2.78 bits per heavy atom. The van der Waals surface area contributed by atoms with Crippen LogP contribution in [-0.4, -0.2) is 56.7 Å². The lowest BCUT2D eigenvalue weighted by Crippen LogP contribution is -2.49. The second-order valence-electron chi connectivity index (χ2n) is 6.77. The van der Waals surface area contributed by atoms with E-state index in [-0.39, 0.29) is 11.7 Å². The SMILES string of the molecule is CC(C)C[C@H](N)C(=O)OC[C@H]1O[C@@](C#N)(n2ccc(N)nc2=O)C(O)C1O. The molecule has 2 rings (SSSR count). The van der Waals surface area contributed by atoms with Crippen LogP contribution in [0.4, 0.5) is 5.82 Å². The van der Waals surface area contributed by atoms with Crippen LogP contribution >= 0.6 is 0 Å². The topological polar surface area (TPSA) is 187 Å². The molecule has 0 radical (unpaired) electrons. The summed E-state index contributed by atoms with van der Waals surface area (Å²) in [5, 5.41) is 30.1. The van der Waals surface area contributed by atoms with Crippen molar-refractivity contribution in [1.29, 1.82) is 5.26 Å². The standard InChI is InChI=1S/C16H23N5O6/c1-8(2)5-9(18)14(24)26-6-10-12(22)13(23)16(7-17,27-10)21-4-3-11(19)20-15(21)25/h3-4,8-10,12-13,22-23H,5-6,18H2,1-2H3,(H2,19,20,25)/t9-,10+,12?,13?,16+/m0/s1. The molecule has 1 fully saturated rings. The van der Waals surface area contributed by atoms with Crippen LogP contribution in [0.2, 0.25) is 0 Å². The van der Waals surface area contributed by atoms with Crippen LogP contribution in [0.15, 0.2) is 17.1 Å². The molecule has 0 aromatic carbocycles. The molecule has 1 aliphatic rings. The number of aromatic nitrogens is 2. The first-order valence-electron chi connectivity index (χ1n) is 8.35. The van der Waals surface area contributed by atoms with Gasteiger partial charge in [-0.1, -0.05) is 13.8 Å². The molecule has 6 N–H and O–H groups in total. The molecule has 11 nitrogen and oxygen atoms in total. The van der Waals surface area contributed by atoms with Crippen LogP contribution in [0.1, 0.15) is 20.3 Å². The molecule has 0 bridgehead atoms. The van der Waals surface area contributed by atoms with E-state index in [4.69, 9.17) is 20.9 Å². The number of nitriles is 1. The molecule has 0 spiro atoms. The lowest BCUT2D eigenvalue weighted by molar-refractivity contribution is -0.155. The first-order chi connectivity index (χ1) is 12.6. The van der Waals surface area contributed by atoms with Gasteiger partial charge < -0.3 is 31.2 Å². The first kappa shape index (κ1) is 20.8. The normalized spacial score (nSPS) is 28.7. The Morgan fingerprint density at radius 1 is 1.56 bits per heavy atom. The Bertz CT molecular complexity index is 790. The van der Waals surface area contributed by atoms with Crippen molar-refractivity contribution in [3.63, 3.8) is 0 Å². The number of hydrogen-bond acceptors (Lipinski definition) is 10. The number of anilines is 1. The Kier molecular flexibility index (Phi) is 6.17. The summed E-state index contributed by atoms with van der Waals surface area (Å²) in [5.41, 5.74) is 7.95. The molecule has 27 heavy (non-hydrogen) atoms. The van der Waals surface area contributed by atoms with Gasteiger partial charge in [-0.25, -0.2) is 4.79 Å². The van der Waals surface area contributed by atoms with Gasteiger partial charge in [0.25, 0.3) is 5.72 Å². The van der Waals surface area contributed by atoms with Gasteiger partial charge in [0.15, 0.2) is 0 Å². The molecule has 11 heteroatoms. The summed E-state index contributed by atoms with van der Waals surface area (Å²) in [4.78, 5) is 27.5. The zero-order valence-electron chi connectivity index (χ0n) is 15.0. The third-order valence-electron chi connectivity index (χ3n) is 4.20. The molecule has 1 saturated heterocycles. The van der Waals surface area contributed by atoms with Crippen LogP contribution < -0.4 is 17.2 Å². The van der Waals surface area contributed by atoms with Crippen molar-refractivity contribution in [2.75, 3.05) is 12.3 Å². The van der Waals surface area contributed by atoms with Crippen molar-refractivity contribution in [3.05, 3.63) is 22.7 Å². The Balaban J connectivity index is 2.17. The van der Waals surface area contributed by atoms with Crippen molar-refractivity contribution in [3.8, 4) is 6.07 Å². The number of nitrogens with zero attached hydrogens (tertiary/aromatic N) is 3. The number of aliphatic hydroxyl groups excluding tert-OH is 2. The highest BCUT2D eigenvalue weighted by molar-refractivity contribution is 5.75. The molecule has 0 saturated carbocycles. The maximum absolute atomic E-state index is 12.1. The molecule has 1 aromatic rings. The van der Waals surface area contributed by atoms with E-state index >= 15 is 0 Å². The van der Waals surface area contributed by atoms with Gasteiger partial charge in [-0.05, 0) is 18.4 Å². The van der Waals surface area contributed by atoms with Crippen molar-refractivity contribution in [1.82, 2.24) is 9.55 Å². The van der Waals surface area contributed by atoms with Gasteiger partial charge in [0, 0.05) is 6.20 Å².